The molecule has 1 saturated heterocycles. The number of thiazole rings is 1. The van der Waals surface area contributed by atoms with Gasteiger partial charge >= 0.3 is 0 Å². The molecule has 3 aromatic rings. The highest BCUT2D eigenvalue weighted by Crippen LogP contribution is 2.37. The molecule has 27 heavy (non-hydrogen) atoms. The van der Waals surface area contributed by atoms with E-state index in [0.717, 1.165) is 16.9 Å². The Hall–Kier alpha value is -2.41. The molecular formula is C20H14ClN3OS2. The number of aliphatic imine (C=N–C) groups is 1. The predicted octanol–water partition coefficient (Wildman–Crippen LogP) is 5.91. The molecule has 0 N–H and O–H groups in total. The number of hydrogen-bond acceptors (Lipinski definition) is 5. The molecular weight excluding hydrogens is 398 g/mol. The molecule has 0 radical (unpaired) electrons. The molecule has 134 valence electrons. The SMILES string of the molecule is Cc1csc(/N=C2/S/C(=C\c3cccc(Cl)c3)C(=O)N2c2ccccc2)n1. The van der Waals surface area contributed by atoms with Crippen molar-refractivity contribution < 1.29 is 4.79 Å². The minimum absolute atomic E-state index is 0.113. The maximum Gasteiger partial charge on any atom is 0.271 e. The Morgan fingerprint density at radius 2 is 1.96 bits per heavy atom. The van der Waals surface area contributed by atoms with Gasteiger partial charge in [-0.3, -0.25) is 9.69 Å². The molecule has 1 aliphatic heterocycles. The van der Waals surface area contributed by atoms with Gasteiger partial charge in [0, 0.05) is 10.4 Å². The van der Waals surface area contributed by atoms with Gasteiger partial charge in [-0.15, -0.1) is 11.3 Å². The van der Waals surface area contributed by atoms with Crippen LogP contribution < -0.4 is 4.90 Å². The van der Waals surface area contributed by atoms with E-state index in [1.54, 1.807) is 11.0 Å². The highest BCUT2D eigenvalue weighted by Gasteiger charge is 2.34. The van der Waals surface area contributed by atoms with Gasteiger partial charge in [0.2, 0.25) is 5.13 Å². The third kappa shape index (κ3) is 3.98. The Balaban J connectivity index is 1.77. The maximum absolute atomic E-state index is 13.1. The number of rotatable bonds is 3. The highest BCUT2D eigenvalue weighted by atomic mass is 35.5. The second-order valence-electron chi connectivity index (χ2n) is 5.81. The van der Waals surface area contributed by atoms with Gasteiger partial charge in [-0.1, -0.05) is 41.9 Å². The Morgan fingerprint density at radius 1 is 1.15 bits per heavy atom. The van der Waals surface area contributed by atoms with Crippen molar-refractivity contribution in [2.45, 2.75) is 6.92 Å². The zero-order valence-corrected chi connectivity index (χ0v) is 16.7. The van der Waals surface area contributed by atoms with Gasteiger partial charge in [0.15, 0.2) is 5.17 Å². The molecule has 0 spiro atoms. The van der Waals surface area contributed by atoms with Crippen LogP contribution in [0.2, 0.25) is 5.02 Å². The summed E-state index contributed by atoms with van der Waals surface area (Å²) in [6, 6.07) is 16.9. The number of aryl methyl sites for hydroxylation is 1. The van der Waals surface area contributed by atoms with E-state index in [0.29, 0.717) is 20.2 Å². The summed E-state index contributed by atoms with van der Waals surface area (Å²) >= 11 is 8.86. The number of hydrogen-bond donors (Lipinski definition) is 0. The first-order valence-electron chi connectivity index (χ1n) is 8.15. The molecule has 1 fully saturated rings. The van der Waals surface area contributed by atoms with Gasteiger partial charge in [0.25, 0.3) is 5.91 Å². The summed E-state index contributed by atoms with van der Waals surface area (Å²) < 4.78 is 0. The van der Waals surface area contributed by atoms with Crippen LogP contribution >= 0.6 is 34.7 Å². The molecule has 0 bridgehead atoms. The zero-order valence-electron chi connectivity index (χ0n) is 14.3. The predicted molar refractivity (Wildman–Crippen MR) is 115 cm³/mol. The normalized spacial score (nSPS) is 17.3. The van der Waals surface area contributed by atoms with Gasteiger partial charge in [-0.2, -0.15) is 4.99 Å². The average Bonchev–Trinajstić information content (AvgIpc) is 3.19. The topological polar surface area (TPSA) is 45.6 Å². The molecule has 1 aliphatic rings. The lowest BCUT2D eigenvalue weighted by molar-refractivity contribution is -0.113. The van der Waals surface area contributed by atoms with Crippen molar-refractivity contribution in [1.29, 1.82) is 0 Å². The van der Waals surface area contributed by atoms with E-state index in [2.05, 4.69) is 9.98 Å². The number of halogens is 1. The van der Waals surface area contributed by atoms with Crippen molar-refractivity contribution >= 4 is 62.7 Å². The number of aromatic nitrogens is 1. The Labute approximate surface area is 170 Å². The molecule has 7 heteroatoms. The van der Waals surface area contributed by atoms with E-state index < -0.39 is 0 Å². The van der Waals surface area contributed by atoms with E-state index in [-0.39, 0.29) is 5.91 Å². The number of benzene rings is 2. The first-order chi connectivity index (χ1) is 13.1. The summed E-state index contributed by atoms with van der Waals surface area (Å²) in [6.45, 7) is 1.92. The molecule has 0 atom stereocenters. The second-order valence-corrected chi connectivity index (χ2v) is 8.09. The summed E-state index contributed by atoms with van der Waals surface area (Å²) in [5.41, 5.74) is 2.56. The highest BCUT2D eigenvalue weighted by molar-refractivity contribution is 8.19. The second kappa shape index (κ2) is 7.68. The van der Waals surface area contributed by atoms with E-state index in [1.807, 2.05) is 66.9 Å². The lowest BCUT2D eigenvalue weighted by Gasteiger charge is -2.14. The third-order valence-electron chi connectivity index (χ3n) is 3.77. The van der Waals surface area contributed by atoms with E-state index >= 15 is 0 Å². The number of amidine groups is 1. The maximum atomic E-state index is 13.1. The number of para-hydroxylation sites is 1. The number of thioether (sulfide) groups is 1. The molecule has 1 amide bonds. The molecule has 2 aromatic carbocycles. The zero-order chi connectivity index (χ0) is 18.8. The minimum atomic E-state index is -0.113. The number of carbonyl (C=O) groups is 1. The van der Waals surface area contributed by atoms with E-state index in [9.17, 15) is 4.79 Å². The summed E-state index contributed by atoms with van der Waals surface area (Å²) in [5.74, 6) is -0.113. The quantitative estimate of drug-likeness (QED) is 0.503. The van der Waals surface area contributed by atoms with Crippen LogP contribution in [0, 0.1) is 6.92 Å². The number of nitrogens with zero attached hydrogens (tertiary/aromatic N) is 3. The molecule has 1 aromatic heterocycles. The van der Waals surface area contributed by atoms with Crippen LogP contribution in [0.3, 0.4) is 0 Å². The lowest BCUT2D eigenvalue weighted by Crippen LogP contribution is -2.28. The van der Waals surface area contributed by atoms with Crippen molar-refractivity contribution in [1.82, 2.24) is 4.98 Å². The van der Waals surface area contributed by atoms with Crippen LogP contribution in [-0.2, 0) is 4.79 Å². The monoisotopic (exact) mass is 411 g/mol. The fourth-order valence-corrected chi connectivity index (χ4v) is 4.48. The molecule has 0 saturated carbocycles. The van der Waals surface area contributed by atoms with E-state index in [4.69, 9.17) is 11.6 Å². The first kappa shape index (κ1) is 18.0. The Morgan fingerprint density at radius 3 is 2.67 bits per heavy atom. The van der Waals surface area contributed by atoms with Crippen molar-refractivity contribution in [3.8, 4) is 0 Å². The standard InChI is InChI=1S/C20H14ClN3OS2/c1-13-12-26-19(22-13)23-20-24(16-8-3-2-4-9-16)18(25)17(27-20)11-14-6-5-7-15(21)10-14/h2-12H,1H3/b17-11-,23-20+. The van der Waals surface area contributed by atoms with Gasteiger partial charge < -0.3 is 0 Å². The summed E-state index contributed by atoms with van der Waals surface area (Å²) in [7, 11) is 0. The summed E-state index contributed by atoms with van der Waals surface area (Å²) in [4.78, 5) is 24.3. The third-order valence-corrected chi connectivity index (χ3v) is 5.82. The van der Waals surface area contributed by atoms with Crippen LogP contribution in [0.5, 0.6) is 0 Å². The van der Waals surface area contributed by atoms with Crippen molar-refractivity contribution in [3.63, 3.8) is 0 Å². The number of amides is 1. The Bertz CT molecular complexity index is 1060. The molecule has 4 rings (SSSR count). The van der Waals surface area contributed by atoms with Crippen molar-refractivity contribution in [2.24, 2.45) is 4.99 Å². The molecule has 0 aliphatic carbocycles. The van der Waals surface area contributed by atoms with Gasteiger partial charge in [-0.25, -0.2) is 4.98 Å². The first-order valence-corrected chi connectivity index (χ1v) is 10.2. The van der Waals surface area contributed by atoms with Gasteiger partial charge in [0.05, 0.1) is 16.3 Å². The van der Waals surface area contributed by atoms with E-state index in [1.165, 1.54) is 23.1 Å². The fourth-order valence-electron chi connectivity index (χ4n) is 2.58. The van der Waals surface area contributed by atoms with Crippen molar-refractivity contribution in [3.05, 3.63) is 81.2 Å². The molecule has 2 heterocycles. The molecule has 4 nitrogen and oxygen atoms in total. The van der Waals surface area contributed by atoms with Crippen LogP contribution in [-0.4, -0.2) is 16.1 Å². The largest absolute Gasteiger partial charge is 0.271 e. The summed E-state index contributed by atoms with van der Waals surface area (Å²) in [5, 5.41) is 3.80. The van der Waals surface area contributed by atoms with Crippen LogP contribution in [0.4, 0.5) is 10.8 Å². The average molecular weight is 412 g/mol. The summed E-state index contributed by atoms with van der Waals surface area (Å²) in [6.07, 6.45) is 1.84. The van der Waals surface area contributed by atoms with Crippen LogP contribution in [0.1, 0.15) is 11.3 Å². The lowest BCUT2D eigenvalue weighted by atomic mass is 10.2. The smallest absolute Gasteiger partial charge is 0.268 e. The van der Waals surface area contributed by atoms with Crippen molar-refractivity contribution in [2.75, 3.05) is 4.90 Å². The minimum Gasteiger partial charge on any atom is -0.268 e. The number of anilines is 1. The van der Waals surface area contributed by atoms with Gasteiger partial charge in [-0.05, 0) is 54.6 Å². The fraction of sp³-hybridized carbons (Fsp3) is 0.0500. The van der Waals surface area contributed by atoms with Gasteiger partial charge in [0.1, 0.15) is 0 Å². The van der Waals surface area contributed by atoms with Crippen LogP contribution in [0.25, 0.3) is 6.08 Å². The van der Waals surface area contributed by atoms with Crippen LogP contribution in [0.15, 0.2) is 69.9 Å². The Kier molecular flexibility index (Phi) is 5.11. The number of carbonyl (C=O) groups excluding carboxylic acids is 1. The molecule has 0 unspecified atom stereocenters.